The van der Waals surface area contributed by atoms with Crippen molar-refractivity contribution < 1.29 is 13.2 Å². The second-order valence-electron chi connectivity index (χ2n) is 7.34. The first-order valence-electron chi connectivity index (χ1n) is 9.89. The lowest BCUT2D eigenvalue weighted by Gasteiger charge is -2.32. The van der Waals surface area contributed by atoms with Crippen molar-refractivity contribution in [1.82, 2.24) is 14.7 Å². The molecule has 2 N–H and O–H groups in total. The molecule has 0 bridgehead atoms. The second kappa shape index (κ2) is 9.83. The van der Waals surface area contributed by atoms with E-state index in [0.717, 1.165) is 31.0 Å². The summed E-state index contributed by atoms with van der Waals surface area (Å²) in [6.45, 7) is 2.10. The van der Waals surface area contributed by atoms with Crippen molar-refractivity contribution in [2.24, 2.45) is 5.92 Å². The van der Waals surface area contributed by atoms with Crippen molar-refractivity contribution >= 4 is 38.3 Å². The Kier molecular flexibility index (Phi) is 6.91. The number of hydrogen-bond donors (Lipinski definition) is 2. The summed E-state index contributed by atoms with van der Waals surface area (Å²) in [5.74, 6) is 0.844. The van der Waals surface area contributed by atoms with E-state index in [-0.39, 0.29) is 21.5 Å². The van der Waals surface area contributed by atoms with Crippen LogP contribution in [0.15, 0.2) is 53.7 Å². The average Bonchev–Trinajstić information content (AvgIpc) is 3.30. The molecule has 8 nitrogen and oxygen atoms in total. The molecule has 0 saturated carbocycles. The first kappa shape index (κ1) is 22.5. The van der Waals surface area contributed by atoms with Crippen molar-refractivity contribution in [3.8, 4) is 11.8 Å². The van der Waals surface area contributed by atoms with Crippen LogP contribution in [0.25, 0.3) is 0 Å². The molecule has 4 rings (SSSR count). The number of sulfonamides is 1. The number of halogens is 1. The molecule has 0 spiro atoms. The van der Waals surface area contributed by atoms with E-state index in [0.29, 0.717) is 23.3 Å². The molecule has 32 heavy (non-hydrogen) atoms. The lowest BCUT2D eigenvalue weighted by molar-refractivity contribution is 0.196. The van der Waals surface area contributed by atoms with Gasteiger partial charge < -0.3 is 10.1 Å². The van der Waals surface area contributed by atoms with Crippen LogP contribution in [0.1, 0.15) is 23.5 Å². The number of nitrogens with one attached hydrogen (secondary N) is 2. The molecule has 1 aromatic heterocycles. The molecule has 166 valence electrons. The number of ether oxygens (including phenoxy) is 1. The van der Waals surface area contributed by atoms with Gasteiger partial charge in [-0.15, -0.1) is 0 Å². The van der Waals surface area contributed by atoms with Gasteiger partial charge in [0.2, 0.25) is 5.13 Å². The van der Waals surface area contributed by atoms with Gasteiger partial charge in [0.15, 0.2) is 0 Å². The van der Waals surface area contributed by atoms with Gasteiger partial charge in [0.05, 0.1) is 17.1 Å². The Labute approximate surface area is 195 Å². The summed E-state index contributed by atoms with van der Waals surface area (Å²) >= 11 is 6.95. The minimum atomic E-state index is -3.89. The predicted molar refractivity (Wildman–Crippen MR) is 123 cm³/mol. The van der Waals surface area contributed by atoms with Crippen molar-refractivity contribution in [2.45, 2.75) is 17.2 Å². The van der Waals surface area contributed by atoms with Gasteiger partial charge >= 0.3 is 0 Å². The maximum atomic E-state index is 12.6. The molecule has 3 aromatic rings. The third-order valence-corrected chi connectivity index (χ3v) is 7.62. The lowest BCUT2D eigenvalue weighted by atomic mass is 9.81. The van der Waals surface area contributed by atoms with Crippen LogP contribution >= 0.6 is 23.1 Å². The molecule has 0 amide bonds. The fraction of sp³-hybridized carbons (Fsp3) is 0.286. The molecule has 2 atom stereocenters. The summed E-state index contributed by atoms with van der Waals surface area (Å²) in [7, 11) is -3.89. The van der Waals surface area contributed by atoms with E-state index in [2.05, 4.69) is 19.4 Å². The summed E-state index contributed by atoms with van der Waals surface area (Å²) in [5.41, 5.74) is 1.35. The number of anilines is 1. The zero-order valence-electron chi connectivity index (χ0n) is 16.9. The Balaban J connectivity index is 1.49. The summed E-state index contributed by atoms with van der Waals surface area (Å²) in [6, 6.07) is 14.1. The number of aromatic nitrogens is 2. The number of piperidine rings is 1. The molecule has 0 aliphatic carbocycles. The van der Waals surface area contributed by atoms with Crippen LogP contribution in [0.3, 0.4) is 0 Å². The Morgan fingerprint density at radius 1 is 1.28 bits per heavy atom. The Morgan fingerprint density at radius 3 is 2.81 bits per heavy atom. The van der Waals surface area contributed by atoms with Crippen LogP contribution in [0.4, 0.5) is 5.13 Å². The normalized spacial score (nSPS) is 18.6. The highest BCUT2D eigenvalue weighted by molar-refractivity contribution is 7.93. The van der Waals surface area contributed by atoms with Crippen LogP contribution in [-0.2, 0) is 10.0 Å². The fourth-order valence-electron chi connectivity index (χ4n) is 3.73. The first-order chi connectivity index (χ1) is 15.5. The predicted octanol–water partition coefficient (Wildman–Crippen LogP) is 3.64. The number of hydrogen-bond acceptors (Lipinski definition) is 8. The highest BCUT2D eigenvalue weighted by Gasteiger charge is 2.27. The summed E-state index contributed by atoms with van der Waals surface area (Å²) in [4.78, 5) is 3.77. The van der Waals surface area contributed by atoms with Crippen LogP contribution in [0.2, 0.25) is 5.02 Å². The van der Waals surface area contributed by atoms with Crippen molar-refractivity contribution in [2.75, 3.05) is 24.4 Å². The highest BCUT2D eigenvalue weighted by Crippen LogP contribution is 2.32. The van der Waals surface area contributed by atoms with Gasteiger partial charge in [-0.25, -0.2) is 13.4 Å². The quantitative estimate of drug-likeness (QED) is 0.520. The molecule has 1 fully saturated rings. The molecule has 1 aliphatic heterocycles. The summed E-state index contributed by atoms with van der Waals surface area (Å²) < 4.78 is 37.2. The first-order valence-corrected chi connectivity index (χ1v) is 12.5. The molecular weight excluding hydrogens is 470 g/mol. The largest absolute Gasteiger partial charge is 0.492 e. The molecule has 11 heteroatoms. The third-order valence-electron chi connectivity index (χ3n) is 5.32. The van der Waals surface area contributed by atoms with Crippen LogP contribution in [0, 0.1) is 17.2 Å². The average molecular weight is 490 g/mol. The van der Waals surface area contributed by atoms with E-state index in [9.17, 15) is 13.7 Å². The van der Waals surface area contributed by atoms with Crippen LogP contribution < -0.4 is 14.8 Å². The van der Waals surface area contributed by atoms with E-state index < -0.39 is 10.0 Å². The Morgan fingerprint density at radius 2 is 2.09 bits per heavy atom. The highest BCUT2D eigenvalue weighted by atomic mass is 35.5. The van der Waals surface area contributed by atoms with Gasteiger partial charge in [0, 0.05) is 29.0 Å². The van der Waals surface area contributed by atoms with Gasteiger partial charge in [0.1, 0.15) is 18.1 Å². The molecular formula is C21H20ClN5O3S2. The van der Waals surface area contributed by atoms with E-state index in [4.69, 9.17) is 16.3 Å². The smallest absolute Gasteiger partial charge is 0.263 e. The summed E-state index contributed by atoms with van der Waals surface area (Å²) in [5, 5.41) is 13.8. The number of nitrogens with zero attached hydrogens (tertiary/aromatic N) is 3. The zero-order valence-corrected chi connectivity index (χ0v) is 19.3. The van der Waals surface area contributed by atoms with Gasteiger partial charge in [-0.3, -0.25) is 4.72 Å². The van der Waals surface area contributed by atoms with Crippen molar-refractivity contribution in [1.29, 1.82) is 5.26 Å². The SMILES string of the molecule is N#Cc1cc(S(=O)(=O)Nc2ncns2)ccc1OC[C@@H]1CNCC[C@H]1c1ccc(Cl)cc1. The molecule has 2 heterocycles. The molecule has 1 saturated heterocycles. The van der Waals surface area contributed by atoms with Crippen molar-refractivity contribution in [3.05, 3.63) is 64.9 Å². The molecule has 1 aliphatic rings. The maximum absolute atomic E-state index is 12.6. The molecule has 2 aromatic carbocycles. The van der Waals surface area contributed by atoms with Crippen LogP contribution in [0.5, 0.6) is 5.75 Å². The molecule has 0 unspecified atom stereocenters. The topological polar surface area (TPSA) is 117 Å². The zero-order chi connectivity index (χ0) is 22.6. The number of benzene rings is 2. The van der Waals surface area contributed by atoms with Gasteiger partial charge in [0.25, 0.3) is 10.0 Å². The monoisotopic (exact) mass is 489 g/mol. The van der Waals surface area contributed by atoms with E-state index in [1.54, 1.807) is 0 Å². The molecule has 0 radical (unpaired) electrons. The lowest BCUT2D eigenvalue weighted by Crippen LogP contribution is -2.38. The van der Waals surface area contributed by atoms with E-state index in [1.807, 2.05) is 30.3 Å². The van der Waals surface area contributed by atoms with Crippen LogP contribution in [-0.4, -0.2) is 37.5 Å². The van der Waals surface area contributed by atoms with Gasteiger partial charge in [-0.1, -0.05) is 23.7 Å². The van der Waals surface area contributed by atoms with E-state index in [1.165, 1.54) is 30.1 Å². The fourth-order valence-corrected chi connectivity index (χ4v) is 5.54. The Bertz CT molecular complexity index is 1210. The second-order valence-corrected chi connectivity index (χ2v) is 10.2. The third kappa shape index (κ3) is 5.19. The van der Waals surface area contributed by atoms with Gasteiger partial charge in [-0.2, -0.15) is 9.64 Å². The minimum Gasteiger partial charge on any atom is -0.492 e. The number of rotatable bonds is 7. The van der Waals surface area contributed by atoms with Crippen molar-refractivity contribution in [3.63, 3.8) is 0 Å². The number of nitriles is 1. The van der Waals surface area contributed by atoms with Gasteiger partial charge in [-0.05, 0) is 54.8 Å². The maximum Gasteiger partial charge on any atom is 0.263 e. The summed E-state index contributed by atoms with van der Waals surface area (Å²) in [6.07, 6.45) is 2.23. The minimum absolute atomic E-state index is 0.0463. The standard InChI is InChI=1S/C21H20ClN5O3S2/c22-17-3-1-14(2-4-17)19-7-8-24-11-16(19)12-30-20-6-5-18(9-15(20)10-23)32(28,29)27-21-25-13-26-31-21/h1-6,9,13,16,19,24H,7-8,11-12H2,(H,25,26,27)/t16-,19-/m0/s1. The Hall–Kier alpha value is -2.71. The van der Waals surface area contributed by atoms with E-state index >= 15 is 0 Å².